The number of amides is 1. The van der Waals surface area contributed by atoms with Gasteiger partial charge in [0, 0.05) is 11.6 Å². The van der Waals surface area contributed by atoms with Crippen LogP contribution in [0.15, 0.2) is 35.9 Å². The van der Waals surface area contributed by atoms with Crippen molar-refractivity contribution in [3.05, 3.63) is 40.9 Å². The Morgan fingerprint density at radius 2 is 2.12 bits per heavy atom. The van der Waals surface area contributed by atoms with Crippen LogP contribution in [0.5, 0.6) is 0 Å². The molecule has 1 aliphatic carbocycles. The first-order valence-electron chi connectivity index (χ1n) is 7.99. The van der Waals surface area contributed by atoms with Crippen LogP contribution in [-0.4, -0.2) is 33.2 Å². The molecular weight excluding hydrogens is 348 g/mol. The molecule has 0 aliphatic heterocycles. The number of hydrogen-bond donors (Lipinski definition) is 1. The molecule has 5 nitrogen and oxygen atoms in total. The van der Waals surface area contributed by atoms with E-state index in [1.54, 1.807) is 25.1 Å². The van der Waals surface area contributed by atoms with Crippen LogP contribution < -0.4 is 9.62 Å². The molecule has 132 valence electrons. The lowest BCUT2D eigenvalue weighted by atomic mass is 10.00. The predicted molar refractivity (Wildman–Crippen MR) is 97.8 cm³/mol. The molecule has 1 unspecified atom stereocenters. The summed E-state index contributed by atoms with van der Waals surface area (Å²) in [6, 6.07) is 5.62. The Morgan fingerprint density at radius 3 is 2.71 bits per heavy atom. The summed E-state index contributed by atoms with van der Waals surface area (Å²) in [5.41, 5.74) is 1.58. The van der Waals surface area contributed by atoms with Gasteiger partial charge in [0.25, 0.3) is 0 Å². The Kier molecular flexibility index (Phi) is 6.29. The van der Waals surface area contributed by atoms with Crippen molar-refractivity contribution >= 4 is 33.2 Å². The minimum Gasteiger partial charge on any atom is -0.351 e. The Morgan fingerprint density at radius 1 is 1.38 bits per heavy atom. The lowest BCUT2D eigenvalue weighted by Gasteiger charge is -2.28. The van der Waals surface area contributed by atoms with Gasteiger partial charge in [-0.05, 0) is 50.8 Å². The number of sulfonamides is 1. The molecule has 1 aliphatic rings. The lowest BCUT2D eigenvalue weighted by molar-refractivity contribution is -0.121. The number of allylic oxidation sites excluding steroid dienone is 1. The highest BCUT2D eigenvalue weighted by Gasteiger charge is 2.29. The van der Waals surface area contributed by atoms with Crippen LogP contribution in [0.2, 0.25) is 5.02 Å². The van der Waals surface area contributed by atoms with Crippen molar-refractivity contribution in [3.8, 4) is 0 Å². The van der Waals surface area contributed by atoms with Crippen LogP contribution >= 0.6 is 11.6 Å². The number of benzene rings is 1. The van der Waals surface area contributed by atoms with Gasteiger partial charge in [0.15, 0.2) is 0 Å². The standard InChI is InChI=1S/C17H23ClN2O3S/c1-13(17(21)19-12-14-7-4-3-5-8-14)20(24(2,22)23)16-10-6-9-15(18)11-16/h6-7,9-11,13H,3-5,8,12H2,1-2H3,(H,19,21). The van der Waals surface area contributed by atoms with E-state index >= 15 is 0 Å². The molecule has 7 heteroatoms. The largest absolute Gasteiger partial charge is 0.351 e. The van der Waals surface area contributed by atoms with Gasteiger partial charge in [-0.1, -0.05) is 29.3 Å². The van der Waals surface area contributed by atoms with E-state index in [1.807, 2.05) is 0 Å². The van der Waals surface area contributed by atoms with Gasteiger partial charge in [-0.25, -0.2) is 8.42 Å². The maximum absolute atomic E-state index is 12.5. The normalized spacial score (nSPS) is 16.2. The molecule has 1 aromatic carbocycles. The quantitative estimate of drug-likeness (QED) is 0.782. The highest BCUT2D eigenvalue weighted by Crippen LogP contribution is 2.24. The second kappa shape index (κ2) is 8.03. The molecule has 0 bridgehead atoms. The highest BCUT2D eigenvalue weighted by molar-refractivity contribution is 7.92. The minimum absolute atomic E-state index is 0.327. The van der Waals surface area contributed by atoms with Crippen molar-refractivity contribution in [2.45, 2.75) is 38.6 Å². The van der Waals surface area contributed by atoms with E-state index in [0.29, 0.717) is 17.3 Å². The van der Waals surface area contributed by atoms with Crippen LogP contribution in [0.25, 0.3) is 0 Å². The molecule has 0 fully saturated rings. The number of hydrogen-bond acceptors (Lipinski definition) is 3. The van der Waals surface area contributed by atoms with Gasteiger partial charge in [0.1, 0.15) is 6.04 Å². The number of nitrogens with one attached hydrogen (secondary N) is 1. The Bertz CT molecular complexity index is 731. The van der Waals surface area contributed by atoms with Gasteiger partial charge < -0.3 is 5.32 Å². The summed E-state index contributed by atoms with van der Waals surface area (Å²) in [6.45, 7) is 2.04. The topological polar surface area (TPSA) is 66.5 Å². The number of rotatable bonds is 6. The van der Waals surface area contributed by atoms with Crippen LogP contribution in [0, 0.1) is 0 Å². The summed E-state index contributed by atoms with van der Waals surface area (Å²) >= 11 is 5.96. The minimum atomic E-state index is -3.62. The summed E-state index contributed by atoms with van der Waals surface area (Å²) in [5.74, 6) is -0.327. The summed E-state index contributed by atoms with van der Waals surface area (Å²) in [5, 5.41) is 3.26. The third-order valence-electron chi connectivity index (χ3n) is 4.03. The SMILES string of the molecule is CC(C(=O)NCC1=CCCCC1)N(c1cccc(Cl)c1)S(C)(=O)=O. The molecule has 0 saturated heterocycles. The smallest absolute Gasteiger partial charge is 0.243 e. The number of anilines is 1. The second-order valence-electron chi connectivity index (χ2n) is 6.04. The van der Waals surface area contributed by atoms with Crippen molar-refractivity contribution in [2.75, 3.05) is 17.1 Å². The predicted octanol–water partition coefficient (Wildman–Crippen LogP) is 3.11. The Labute approximate surface area is 148 Å². The number of carbonyl (C=O) groups is 1. The molecule has 0 radical (unpaired) electrons. The van der Waals surface area contributed by atoms with Crippen LogP contribution in [0.1, 0.15) is 32.6 Å². The van der Waals surface area contributed by atoms with E-state index < -0.39 is 16.1 Å². The van der Waals surface area contributed by atoms with E-state index in [1.165, 1.54) is 18.1 Å². The molecule has 1 atom stereocenters. The maximum Gasteiger partial charge on any atom is 0.243 e. The van der Waals surface area contributed by atoms with Gasteiger partial charge in [0.05, 0.1) is 11.9 Å². The third kappa shape index (κ3) is 4.98. The first kappa shape index (κ1) is 18.8. The van der Waals surface area contributed by atoms with Crippen molar-refractivity contribution < 1.29 is 13.2 Å². The second-order valence-corrected chi connectivity index (χ2v) is 8.34. The molecule has 0 aromatic heterocycles. The van der Waals surface area contributed by atoms with E-state index in [4.69, 9.17) is 11.6 Å². The van der Waals surface area contributed by atoms with Crippen molar-refractivity contribution in [1.82, 2.24) is 5.32 Å². The molecule has 1 N–H and O–H groups in total. The molecule has 1 amide bonds. The monoisotopic (exact) mass is 370 g/mol. The van der Waals surface area contributed by atoms with E-state index in [-0.39, 0.29) is 5.91 Å². The first-order chi connectivity index (χ1) is 11.3. The fourth-order valence-electron chi connectivity index (χ4n) is 2.84. The molecule has 1 aromatic rings. The zero-order chi connectivity index (χ0) is 17.7. The highest BCUT2D eigenvalue weighted by atomic mass is 35.5. The van der Waals surface area contributed by atoms with Gasteiger partial charge in [-0.15, -0.1) is 0 Å². The fourth-order valence-corrected chi connectivity index (χ4v) is 4.19. The van der Waals surface area contributed by atoms with E-state index in [0.717, 1.165) is 29.8 Å². The van der Waals surface area contributed by atoms with Crippen LogP contribution in [0.4, 0.5) is 5.69 Å². The average Bonchev–Trinajstić information content (AvgIpc) is 2.52. The van der Waals surface area contributed by atoms with Gasteiger partial charge in [-0.3, -0.25) is 9.10 Å². The molecule has 0 heterocycles. The van der Waals surface area contributed by atoms with Gasteiger partial charge in [0.2, 0.25) is 15.9 Å². The Hall–Kier alpha value is -1.53. The lowest BCUT2D eigenvalue weighted by Crippen LogP contribution is -2.48. The van der Waals surface area contributed by atoms with Crippen molar-refractivity contribution in [3.63, 3.8) is 0 Å². The third-order valence-corrected chi connectivity index (χ3v) is 5.50. The summed E-state index contributed by atoms with van der Waals surface area (Å²) in [6.07, 6.45) is 7.58. The molecular formula is C17H23ClN2O3S. The van der Waals surface area contributed by atoms with E-state index in [9.17, 15) is 13.2 Å². The summed E-state index contributed by atoms with van der Waals surface area (Å²) in [7, 11) is -3.62. The van der Waals surface area contributed by atoms with E-state index in [2.05, 4.69) is 11.4 Å². The average molecular weight is 371 g/mol. The molecule has 24 heavy (non-hydrogen) atoms. The van der Waals surface area contributed by atoms with Crippen LogP contribution in [-0.2, 0) is 14.8 Å². The molecule has 0 spiro atoms. The zero-order valence-corrected chi connectivity index (χ0v) is 15.5. The number of carbonyl (C=O) groups excluding carboxylic acids is 1. The molecule has 2 rings (SSSR count). The number of halogens is 1. The Balaban J connectivity index is 2.14. The van der Waals surface area contributed by atoms with Gasteiger partial charge in [-0.2, -0.15) is 0 Å². The molecule has 0 saturated carbocycles. The summed E-state index contributed by atoms with van der Waals surface area (Å²) < 4.78 is 25.5. The number of nitrogens with zero attached hydrogens (tertiary/aromatic N) is 1. The van der Waals surface area contributed by atoms with Gasteiger partial charge >= 0.3 is 0 Å². The fraction of sp³-hybridized carbons (Fsp3) is 0.471. The van der Waals surface area contributed by atoms with Crippen molar-refractivity contribution in [2.24, 2.45) is 0 Å². The summed E-state index contributed by atoms with van der Waals surface area (Å²) in [4.78, 5) is 12.5. The zero-order valence-electron chi connectivity index (χ0n) is 14.0. The maximum atomic E-state index is 12.5. The van der Waals surface area contributed by atoms with Crippen molar-refractivity contribution in [1.29, 1.82) is 0 Å². The van der Waals surface area contributed by atoms with Crippen LogP contribution in [0.3, 0.4) is 0 Å². The first-order valence-corrected chi connectivity index (χ1v) is 10.2.